The van der Waals surface area contributed by atoms with E-state index in [9.17, 15) is 18.0 Å². The highest BCUT2D eigenvalue weighted by Crippen LogP contribution is 2.33. The van der Waals surface area contributed by atoms with Crippen molar-refractivity contribution in [2.75, 3.05) is 5.32 Å². The lowest BCUT2D eigenvalue weighted by Crippen LogP contribution is -2.12. The third-order valence-electron chi connectivity index (χ3n) is 2.31. The van der Waals surface area contributed by atoms with Gasteiger partial charge in [0.15, 0.2) is 0 Å². The third-order valence-corrected chi connectivity index (χ3v) is 4.32. The molecular weight excluding hydrogens is 426 g/mol. The number of alkyl halides is 3. The van der Waals surface area contributed by atoms with Crippen LogP contribution < -0.4 is 5.32 Å². The van der Waals surface area contributed by atoms with E-state index in [4.69, 9.17) is 11.6 Å². The fraction of sp³-hybridized carbons (Fsp3) is 0.0833. The number of hydrogen-bond acceptors (Lipinski definition) is 2. The van der Waals surface area contributed by atoms with E-state index >= 15 is 0 Å². The van der Waals surface area contributed by atoms with Gasteiger partial charge >= 0.3 is 6.18 Å². The Morgan fingerprint density at radius 1 is 1.25 bits per heavy atom. The molecule has 20 heavy (non-hydrogen) atoms. The summed E-state index contributed by atoms with van der Waals surface area (Å²) in [5.74, 6) is -0.473. The Hall–Kier alpha value is -0.800. The summed E-state index contributed by atoms with van der Waals surface area (Å²) in [6.07, 6.45) is -4.51. The molecule has 2 aromatic rings. The monoisotopic (exact) mass is 431 g/mol. The number of thiophene rings is 1. The molecule has 106 valence electrons. The summed E-state index contributed by atoms with van der Waals surface area (Å²) >= 11 is 9.07. The van der Waals surface area contributed by atoms with E-state index in [-0.39, 0.29) is 10.7 Å². The molecule has 8 heteroatoms. The lowest BCUT2D eigenvalue weighted by atomic mass is 10.2. The number of rotatable bonds is 2. The molecular formula is C12H6ClF3INOS. The van der Waals surface area contributed by atoms with Gasteiger partial charge in [-0.25, -0.2) is 0 Å². The molecule has 2 nitrogen and oxygen atoms in total. The van der Waals surface area contributed by atoms with Crippen LogP contribution in [0.25, 0.3) is 0 Å². The van der Waals surface area contributed by atoms with Crippen LogP contribution in [0.1, 0.15) is 15.9 Å². The average Bonchev–Trinajstić information content (AvgIpc) is 2.74. The minimum atomic E-state index is -4.51. The summed E-state index contributed by atoms with van der Waals surface area (Å²) in [6.45, 7) is 0. The second kappa shape index (κ2) is 5.90. The van der Waals surface area contributed by atoms with Crippen molar-refractivity contribution in [2.45, 2.75) is 6.18 Å². The van der Waals surface area contributed by atoms with E-state index in [1.54, 1.807) is 11.4 Å². The van der Waals surface area contributed by atoms with Crippen LogP contribution in [-0.2, 0) is 6.18 Å². The molecule has 2 rings (SSSR count). The summed E-state index contributed by atoms with van der Waals surface area (Å²) in [5, 5.41) is 3.95. The first-order valence-electron chi connectivity index (χ1n) is 5.19. The van der Waals surface area contributed by atoms with E-state index in [0.29, 0.717) is 5.56 Å². The van der Waals surface area contributed by atoms with Gasteiger partial charge < -0.3 is 5.32 Å². The van der Waals surface area contributed by atoms with Crippen LogP contribution in [0.4, 0.5) is 18.9 Å². The van der Waals surface area contributed by atoms with Crippen molar-refractivity contribution in [1.82, 2.24) is 0 Å². The van der Waals surface area contributed by atoms with Crippen LogP contribution in [0.5, 0.6) is 0 Å². The Bertz CT molecular complexity index is 656. The molecule has 0 unspecified atom stereocenters. The lowest BCUT2D eigenvalue weighted by molar-refractivity contribution is -0.137. The maximum Gasteiger partial charge on any atom is 0.416 e. The Morgan fingerprint density at radius 3 is 2.50 bits per heavy atom. The highest BCUT2D eigenvalue weighted by Gasteiger charge is 2.31. The predicted octanol–water partition coefficient (Wildman–Crippen LogP) is 5.28. The van der Waals surface area contributed by atoms with Gasteiger partial charge in [0, 0.05) is 16.1 Å². The molecule has 0 fully saturated rings. The molecule has 1 heterocycles. The molecule has 1 aromatic heterocycles. The van der Waals surface area contributed by atoms with Crippen LogP contribution in [0.15, 0.2) is 29.6 Å². The maximum atomic E-state index is 12.6. The number of hydrogen-bond donors (Lipinski definition) is 1. The number of carbonyl (C=O) groups excluding carboxylic acids is 1. The van der Waals surface area contributed by atoms with Crippen molar-refractivity contribution in [3.63, 3.8) is 0 Å². The topological polar surface area (TPSA) is 29.1 Å². The Balaban J connectivity index is 2.25. The lowest BCUT2D eigenvalue weighted by Gasteiger charge is -2.10. The molecule has 0 radical (unpaired) electrons. The summed E-state index contributed by atoms with van der Waals surface area (Å²) in [5.41, 5.74) is -0.496. The van der Waals surface area contributed by atoms with Crippen LogP contribution in [0, 0.1) is 2.88 Å². The number of amides is 1. The van der Waals surface area contributed by atoms with Gasteiger partial charge in [0.05, 0.1) is 14.0 Å². The summed E-state index contributed by atoms with van der Waals surface area (Å²) in [6, 6.07) is 4.58. The van der Waals surface area contributed by atoms with Gasteiger partial charge in [-0.1, -0.05) is 11.6 Å². The minimum absolute atomic E-state index is 0.0102. The quantitative estimate of drug-likeness (QED) is 0.644. The SMILES string of the molecule is O=C(Nc1cc(Cl)cc(C(F)(F)F)c1)c1csc(I)c1. The third kappa shape index (κ3) is 3.86. The van der Waals surface area contributed by atoms with Gasteiger partial charge in [0.1, 0.15) is 0 Å². The van der Waals surface area contributed by atoms with Crippen LogP contribution >= 0.6 is 45.5 Å². The summed E-state index contributed by atoms with van der Waals surface area (Å²) < 4.78 is 38.8. The molecule has 1 amide bonds. The standard InChI is InChI=1S/C12H6ClF3INOS/c13-8-2-7(12(14,15)16)3-9(4-8)18-11(19)6-1-10(17)20-5-6/h1-5H,(H,18,19). The zero-order valence-electron chi connectivity index (χ0n) is 9.59. The molecule has 1 aromatic carbocycles. The predicted molar refractivity (Wildman–Crippen MR) is 81.4 cm³/mol. The summed E-state index contributed by atoms with van der Waals surface area (Å²) in [4.78, 5) is 11.9. The molecule has 0 saturated heterocycles. The number of anilines is 1. The van der Waals surface area contributed by atoms with Gasteiger partial charge in [-0.05, 0) is 46.9 Å². The first kappa shape index (κ1) is 15.6. The highest BCUT2D eigenvalue weighted by atomic mass is 127. The molecule has 0 saturated carbocycles. The van der Waals surface area contributed by atoms with Crippen LogP contribution in [-0.4, -0.2) is 5.91 Å². The maximum absolute atomic E-state index is 12.6. The van der Waals surface area contributed by atoms with Crippen molar-refractivity contribution < 1.29 is 18.0 Å². The summed E-state index contributed by atoms with van der Waals surface area (Å²) in [7, 11) is 0. The van der Waals surface area contributed by atoms with Crippen LogP contribution in [0.2, 0.25) is 5.02 Å². The van der Waals surface area contributed by atoms with Crippen molar-refractivity contribution >= 4 is 57.1 Å². The number of carbonyl (C=O) groups is 1. The first-order valence-corrected chi connectivity index (χ1v) is 7.52. The molecule has 0 bridgehead atoms. The van der Waals surface area contributed by atoms with E-state index in [1.165, 1.54) is 17.4 Å². The molecule has 0 aliphatic heterocycles. The molecule has 0 atom stereocenters. The molecule has 0 spiro atoms. The van der Waals surface area contributed by atoms with Crippen molar-refractivity contribution in [3.8, 4) is 0 Å². The Labute approximate surface area is 135 Å². The normalized spacial score (nSPS) is 11.4. The Morgan fingerprint density at radius 2 is 1.95 bits per heavy atom. The van der Waals surface area contributed by atoms with Crippen molar-refractivity contribution in [1.29, 1.82) is 0 Å². The number of nitrogens with one attached hydrogen (secondary N) is 1. The van der Waals surface area contributed by atoms with E-state index in [1.807, 2.05) is 0 Å². The van der Waals surface area contributed by atoms with Crippen LogP contribution in [0.3, 0.4) is 0 Å². The molecule has 0 aliphatic rings. The second-order valence-corrected chi connectivity index (χ2v) is 7.06. The number of benzene rings is 1. The van der Waals surface area contributed by atoms with Gasteiger partial charge in [0.2, 0.25) is 0 Å². The smallest absolute Gasteiger partial charge is 0.322 e. The number of halogens is 5. The minimum Gasteiger partial charge on any atom is -0.322 e. The van der Waals surface area contributed by atoms with Gasteiger partial charge in [0.25, 0.3) is 5.91 Å². The average molecular weight is 432 g/mol. The van der Waals surface area contributed by atoms with E-state index in [2.05, 4.69) is 27.9 Å². The fourth-order valence-electron chi connectivity index (χ4n) is 1.46. The van der Waals surface area contributed by atoms with Gasteiger partial charge in [-0.15, -0.1) is 11.3 Å². The molecule has 0 aliphatic carbocycles. The van der Waals surface area contributed by atoms with Crippen molar-refractivity contribution in [3.05, 3.63) is 48.7 Å². The largest absolute Gasteiger partial charge is 0.416 e. The van der Waals surface area contributed by atoms with Gasteiger partial charge in [-0.2, -0.15) is 13.2 Å². The fourth-order valence-corrected chi connectivity index (χ4v) is 3.02. The van der Waals surface area contributed by atoms with E-state index in [0.717, 1.165) is 15.0 Å². The molecule has 1 N–H and O–H groups in total. The second-order valence-electron chi connectivity index (χ2n) is 3.82. The Kier molecular flexibility index (Phi) is 4.60. The van der Waals surface area contributed by atoms with Crippen molar-refractivity contribution in [2.24, 2.45) is 0 Å². The first-order chi connectivity index (χ1) is 9.25. The highest BCUT2D eigenvalue weighted by molar-refractivity contribution is 14.1. The van der Waals surface area contributed by atoms with Gasteiger partial charge in [-0.3, -0.25) is 4.79 Å². The zero-order chi connectivity index (χ0) is 14.9. The zero-order valence-corrected chi connectivity index (χ0v) is 13.3. The van der Waals surface area contributed by atoms with E-state index < -0.39 is 17.6 Å².